The highest BCUT2D eigenvalue weighted by Crippen LogP contribution is 2.43. The van der Waals surface area contributed by atoms with Gasteiger partial charge in [-0.2, -0.15) is 0 Å². The van der Waals surface area contributed by atoms with Gasteiger partial charge in [0.1, 0.15) is 16.5 Å². The highest BCUT2D eigenvalue weighted by Gasteiger charge is 2.58. The molecule has 1 aromatic carbocycles. The molecule has 40 heavy (non-hydrogen) atoms. The number of hydrogen-bond donors (Lipinski definition) is 3. The number of hydrogen-bond acceptors (Lipinski definition) is 10. The molecule has 3 N–H and O–H groups in total. The Hall–Kier alpha value is -1.36. The van der Waals surface area contributed by atoms with Gasteiger partial charge in [0.2, 0.25) is 5.78 Å². The van der Waals surface area contributed by atoms with E-state index in [9.17, 15) is 15.0 Å². The maximum atomic E-state index is 14.4. The van der Waals surface area contributed by atoms with Crippen LogP contribution in [0.3, 0.4) is 0 Å². The fourth-order valence-electron chi connectivity index (χ4n) is 5.86. The Labute approximate surface area is 251 Å². The van der Waals surface area contributed by atoms with Crippen molar-refractivity contribution in [2.75, 3.05) is 20.0 Å². The van der Waals surface area contributed by atoms with Crippen LogP contribution in [0.1, 0.15) is 37.7 Å². The Bertz CT molecular complexity index is 1370. The van der Waals surface area contributed by atoms with E-state index in [2.05, 4.69) is 37.9 Å². The lowest BCUT2D eigenvalue weighted by Crippen LogP contribution is -2.70. The highest BCUT2D eigenvalue weighted by atomic mass is 127. The number of ketones is 1. The Morgan fingerprint density at radius 3 is 2.83 bits per heavy atom. The third kappa shape index (κ3) is 5.31. The molecule has 0 spiro atoms. The first-order valence-electron chi connectivity index (χ1n) is 13.3. The summed E-state index contributed by atoms with van der Waals surface area (Å²) in [6.07, 6.45) is -2.84. The number of carbonyl (C=O) groups excluding carboxylic acids is 1. The third-order valence-corrected chi connectivity index (χ3v) is 9.95. The number of rotatable bonds is 8. The maximum Gasteiger partial charge on any atom is 0.204 e. The molecule has 2 saturated heterocycles. The van der Waals surface area contributed by atoms with E-state index in [1.807, 2.05) is 38.1 Å². The number of nitrogens with zero attached hydrogens (tertiary/aromatic N) is 1. The molecule has 4 heterocycles. The number of aliphatic hydroxyl groups excluding tert-OH is 1. The van der Waals surface area contributed by atoms with Crippen LogP contribution in [0, 0.1) is 3.57 Å². The van der Waals surface area contributed by atoms with Crippen LogP contribution in [0.25, 0.3) is 21.8 Å². The van der Waals surface area contributed by atoms with E-state index in [0.29, 0.717) is 18.5 Å². The lowest BCUT2D eigenvalue weighted by Gasteiger charge is -2.53. The summed E-state index contributed by atoms with van der Waals surface area (Å²) in [5, 5.41) is 30.1. The molecule has 8 atom stereocenters. The SMILES string of the molecule is COC1CC(OC2C([O-])OC(C)C(SC)(C(=O)c3nccc4c3[nH]c3cc(I)ccc34)C2O)OCC1NC(C)C. The van der Waals surface area contributed by atoms with E-state index < -0.39 is 41.4 Å². The van der Waals surface area contributed by atoms with Crippen molar-refractivity contribution in [2.24, 2.45) is 0 Å². The third-order valence-electron chi connectivity index (χ3n) is 7.85. The summed E-state index contributed by atoms with van der Waals surface area (Å²) in [4.78, 5) is 22.1. The molecule has 0 aliphatic carbocycles. The van der Waals surface area contributed by atoms with Gasteiger partial charge in [-0.1, -0.05) is 19.9 Å². The summed E-state index contributed by atoms with van der Waals surface area (Å²) < 4.78 is 22.9. The molecule has 2 aliphatic rings. The van der Waals surface area contributed by atoms with Crippen molar-refractivity contribution < 1.29 is 34.0 Å². The second-order valence-electron chi connectivity index (χ2n) is 10.6. The van der Waals surface area contributed by atoms with Crippen molar-refractivity contribution in [3.05, 3.63) is 39.7 Å². The predicted octanol–water partition coefficient (Wildman–Crippen LogP) is 2.58. The predicted molar refractivity (Wildman–Crippen MR) is 159 cm³/mol. The van der Waals surface area contributed by atoms with Gasteiger partial charge in [0.05, 0.1) is 36.5 Å². The van der Waals surface area contributed by atoms with Gasteiger partial charge in [-0.15, -0.1) is 11.8 Å². The van der Waals surface area contributed by atoms with Crippen molar-refractivity contribution >= 4 is 61.9 Å². The number of methoxy groups -OCH3 is 1. The molecular weight excluding hydrogens is 649 g/mol. The van der Waals surface area contributed by atoms with E-state index in [0.717, 1.165) is 31.6 Å². The lowest BCUT2D eigenvalue weighted by atomic mass is 9.83. The number of pyridine rings is 1. The molecule has 0 saturated carbocycles. The first-order chi connectivity index (χ1) is 19.1. The van der Waals surface area contributed by atoms with Crippen molar-refractivity contribution in [1.29, 1.82) is 0 Å². The fraction of sp³-hybridized carbons (Fsp3) is 0.571. The van der Waals surface area contributed by atoms with Crippen molar-refractivity contribution in [3.63, 3.8) is 0 Å². The molecule has 0 amide bonds. The minimum Gasteiger partial charge on any atom is -0.829 e. The second-order valence-corrected chi connectivity index (χ2v) is 12.9. The Balaban J connectivity index is 1.45. The van der Waals surface area contributed by atoms with Crippen LogP contribution in [-0.4, -0.2) is 94.7 Å². The number of carbonyl (C=O) groups is 1. The van der Waals surface area contributed by atoms with Gasteiger partial charge in [-0.05, 0) is 54.0 Å². The highest BCUT2D eigenvalue weighted by molar-refractivity contribution is 14.1. The van der Waals surface area contributed by atoms with E-state index in [1.54, 1.807) is 26.5 Å². The quantitative estimate of drug-likeness (QED) is 0.240. The molecule has 2 aromatic heterocycles. The minimum absolute atomic E-state index is 0.0431. The Morgan fingerprint density at radius 1 is 1.35 bits per heavy atom. The van der Waals surface area contributed by atoms with E-state index >= 15 is 0 Å². The standard InChI is InChI=1S/C28H35IN3O7S/c1-13(2)31-19-12-37-21(11-20(19)36-4)39-24-26(34)28(40-5,14(3)38-27(24)35)25(33)23-22-17(8-9-30-23)16-7-6-15(29)10-18(16)32-22/h6-10,13-14,19-21,24,26-27,31-32,34H,11-12H2,1-5H3/q-1. The molecule has 5 rings (SSSR count). The summed E-state index contributed by atoms with van der Waals surface area (Å²) >= 11 is 3.38. The van der Waals surface area contributed by atoms with Crippen LogP contribution in [0.2, 0.25) is 0 Å². The number of halogens is 1. The van der Waals surface area contributed by atoms with Crippen LogP contribution >= 0.6 is 34.4 Å². The zero-order chi connectivity index (χ0) is 28.8. The van der Waals surface area contributed by atoms with Gasteiger partial charge in [-0.25, -0.2) is 0 Å². The number of aromatic nitrogens is 2. The van der Waals surface area contributed by atoms with E-state index in [1.165, 1.54) is 0 Å². The van der Waals surface area contributed by atoms with Crippen molar-refractivity contribution in [1.82, 2.24) is 15.3 Å². The monoisotopic (exact) mass is 684 g/mol. The number of ether oxygens (including phenoxy) is 4. The summed E-state index contributed by atoms with van der Waals surface area (Å²) in [6.45, 7) is 6.02. The van der Waals surface area contributed by atoms with E-state index in [4.69, 9.17) is 18.9 Å². The number of nitrogens with one attached hydrogen (secondary N) is 2. The van der Waals surface area contributed by atoms with Crippen LogP contribution in [0.5, 0.6) is 0 Å². The van der Waals surface area contributed by atoms with Gasteiger partial charge in [-0.3, -0.25) is 9.78 Å². The molecular formula is C28H35IN3O7S-. The number of aromatic amines is 1. The lowest BCUT2D eigenvalue weighted by molar-refractivity contribution is -0.533. The number of Topliss-reactive ketones (excluding diaryl/α,β-unsaturated/α-hetero) is 1. The first kappa shape index (κ1) is 30.1. The number of fused-ring (bicyclic) bond motifs is 3. The van der Waals surface area contributed by atoms with Crippen LogP contribution in [0.4, 0.5) is 0 Å². The van der Waals surface area contributed by atoms with Crippen LogP contribution in [0.15, 0.2) is 30.5 Å². The average Bonchev–Trinajstić information content (AvgIpc) is 3.29. The summed E-state index contributed by atoms with van der Waals surface area (Å²) in [7, 11) is 1.62. The zero-order valence-electron chi connectivity index (χ0n) is 23.0. The molecule has 2 aliphatic heterocycles. The molecule has 12 heteroatoms. The Morgan fingerprint density at radius 2 is 2.12 bits per heavy atom. The number of H-pyrrole nitrogens is 1. The molecule has 3 aromatic rings. The average molecular weight is 685 g/mol. The van der Waals surface area contributed by atoms with Gasteiger partial charge < -0.3 is 39.5 Å². The van der Waals surface area contributed by atoms with Gasteiger partial charge >= 0.3 is 0 Å². The smallest absolute Gasteiger partial charge is 0.204 e. The second kappa shape index (κ2) is 12.1. The molecule has 218 valence electrons. The number of aliphatic hydroxyl groups is 1. The van der Waals surface area contributed by atoms with Gasteiger partial charge in [0.25, 0.3) is 0 Å². The Kier molecular flexibility index (Phi) is 9.10. The van der Waals surface area contributed by atoms with Crippen molar-refractivity contribution in [2.45, 2.75) is 81.0 Å². The number of benzene rings is 1. The summed E-state index contributed by atoms with van der Waals surface area (Å²) in [6, 6.07) is 8.05. The molecule has 8 unspecified atom stereocenters. The molecule has 2 fully saturated rings. The summed E-state index contributed by atoms with van der Waals surface area (Å²) in [5.41, 5.74) is 1.62. The number of thioether (sulfide) groups is 1. The topological polar surface area (TPSA) is 138 Å². The van der Waals surface area contributed by atoms with Crippen LogP contribution < -0.4 is 10.4 Å². The maximum absolute atomic E-state index is 14.4. The molecule has 0 radical (unpaired) electrons. The molecule has 0 bridgehead atoms. The van der Waals surface area contributed by atoms with Gasteiger partial charge in [0.15, 0.2) is 6.29 Å². The largest absolute Gasteiger partial charge is 0.829 e. The van der Waals surface area contributed by atoms with Crippen molar-refractivity contribution in [3.8, 4) is 0 Å². The normalized spacial score (nSPS) is 33.2. The van der Waals surface area contributed by atoms with Gasteiger partial charge in [0, 0.05) is 51.9 Å². The zero-order valence-corrected chi connectivity index (χ0v) is 26.0. The van der Waals surface area contributed by atoms with E-state index in [-0.39, 0.29) is 23.9 Å². The van der Waals surface area contributed by atoms with Crippen LogP contribution in [-0.2, 0) is 18.9 Å². The summed E-state index contributed by atoms with van der Waals surface area (Å²) in [5.74, 6) is -0.437. The first-order valence-corrected chi connectivity index (χ1v) is 15.6. The molecule has 10 nitrogen and oxygen atoms in total. The minimum atomic E-state index is -1.71. The fourth-order valence-corrected chi connectivity index (χ4v) is 7.40.